The number of hydrogen-bond donors (Lipinski definition) is 0. The van der Waals surface area contributed by atoms with Crippen LogP contribution in [0.1, 0.15) is 25.2 Å². The molecule has 0 aliphatic rings. The van der Waals surface area contributed by atoms with E-state index in [0.717, 1.165) is 5.75 Å². The van der Waals surface area contributed by atoms with Crippen LogP contribution >= 0.6 is 11.8 Å². The number of rotatable bonds is 7. The number of carbonyl (C=O) groups excluding carboxylic acids is 1. The molecule has 7 heteroatoms. The summed E-state index contributed by atoms with van der Waals surface area (Å²) in [6.45, 7) is 6.00. The molecule has 0 aliphatic heterocycles. The Morgan fingerprint density at radius 1 is 1.26 bits per heavy atom. The average molecular weight is 335 g/mol. The van der Waals surface area contributed by atoms with Gasteiger partial charge in [-0.2, -0.15) is 0 Å². The van der Waals surface area contributed by atoms with Crippen LogP contribution in [0.25, 0.3) is 0 Å². The number of benzene rings is 1. The normalized spacial score (nSPS) is 10.8. The second-order valence-electron chi connectivity index (χ2n) is 5.39. The van der Waals surface area contributed by atoms with Crippen molar-refractivity contribution in [3.05, 3.63) is 35.7 Å². The van der Waals surface area contributed by atoms with Gasteiger partial charge in [0.15, 0.2) is 11.0 Å². The molecule has 1 aromatic carbocycles. The first-order valence-electron chi connectivity index (χ1n) is 7.35. The Hall–Kier alpha value is -2.02. The smallest absolute Gasteiger partial charge is 0.316 e. The lowest BCUT2D eigenvalue weighted by atomic mass is 10.2. The summed E-state index contributed by atoms with van der Waals surface area (Å²) in [5.41, 5.74) is 1.18. The van der Waals surface area contributed by atoms with E-state index >= 15 is 0 Å². The molecule has 0 bridgehead atoms. The third-order valence-electron chi connectivity index (χ3n) is 3.00. The number of aromatic nitrogens is 3. The molecular formula is C16H21N3O3S. The summed E-state index contributed by atoms with van der Waals surface area (Å²) in [7, 11) is 1.85. The maximum absolute atomic E-state index is 11.6. The average Bonchev–Trinajstić information content (AvgIpc) is 2.84. The predicted octanol–water partition coefficient (Wildman–Crippen LogP) is 2.75. The topological polar surface area (TPSA) is 66.2 Å². The maximum atomic E-state index is 11.6. The quantitative estimate of drug-likeness (QED) is 0.572. The van der Waals surface area contributed by atoms with Crippen LogP contribution in [-0.2, 0) is 23.2 Å². The van der Waals surface area contributed by atoms with Gasteiger partial charge < -0.3 is 14.0 Å². The Morgan fingerprint density at radius 3 is 2.61 bits per heavy atom. The summed E-state index contributed by atoms with van der Waals surface area (Å²) in [5, 5.41) is 8.84. The summed E-state index contributed by atoms with van der Waals surface area (Å²) in [4.78, 5) is 11.6. The van der Waals surface area contributed by atoms with Crippen molar-refractivity contribution < 1.29 is 14.3 Å². The summed E-state index contributed by atoms with van der Waals surface area (Å²) >= 11 is 1.30. The molecule has 23 heavy (non-hydrogen) atoms. The zero-order valence-corrected chi connectivity index (χ0v) is 14.6. The zero-order chi connectivity index (χ0) is 16.8. The summed E-state index contributed by atoms with van der Waals surface area (Å²) < 4.78 is 12.6. The molecule has 0 aliphatic carbocycles. The molecule has 0 N–H and O–H groups in total. The van der Waals surface area contributed by atoms with E-state index in [-0.39, 0.29) is 17.8 Å². The van der Waals surface area contributed by atoms with E-state index in [1.165, 1.54) is 17.3 Å². The number of ether oxygens (including phenoxy) is 2. The number of carbonyl (C=O) groups is 1. The molecule has 1 heterocycles. The molecule has 0 atom stereocenters. The number of aryl methyl sites for hydroxylation is 1. The molecule has 0 fully saturated rings. The van der Waals surface area contributed by atoms with Crippen molar-refractivity contribution in [2.45, 2.75) is 38.6 Å². The largest absolute Gasteiger partial charge is 0.486 e. The standard InChI is InChI=1S/C16H21N3O3S/c1-11(2)22-15(20)10-23-16-18-17-14(19(16)4)9-21-13-7-5-12(3)6-8-13/h5-8,11H,9-10H2,1-4H3. The van der Waals surface area contributed by atoms with E-state index in [2.05, 4.69) is 10.2 Å². The molecule has 0 saturated heterocycles. The van der Waals surface area contributed by atoms with E-state index in [0.29, 0.717) is 17.6 Å². The number of esters is 1. The first kappa shape index (κ1) is 17.3. The Labute approximate surface area is 140 Å². The minimum Gasteiger partial charge on any atom is -0.486 e. The highest BCUT2D eigenvalue weighted by Gasteiger charge is 2.13. The lowest BCUT2D eigenvalue weighted by Crippen LogP contribution is -2.13. The van der Waals surface area contributed by atoms with Crippen LogP contribution in [0.4, 0.5) is 0 Å². The van der Waals surface area contributed by atoms with Gasteiger partial charge >= 0.3 is 5.97 Å². The van der Waals surface area contributed by atoms with E-state index in [9.17, 15) is 4.79 Å². The molecule has 0 spiro atoms. The SMILES string of the molecule is Cc1ccc(OCc2nnc(SCC(=O)OC(C)C)n2C)cc1. The fourth-order valence-corrected chi connectivity index (χ4v) is 2.51. The molecule has 0 radical (unpaired) electrons. The van der Waals surface area contributed by atoms with E-state index in [1.807, 2.05) is 56.7 Å². The fourth-order valence-electron chi connectivity index (χ4n) is 1.80. The van der Waals surface area contributed by atoms with Crippen molar-refractivity contribution in [1.82, 2.24) is 14.8 Å². The summed E-state index contributed by atoms with van der Waals surface area (Å²) in [6.07, 6.45) is -0.110. The summed E-state index contributed by atoms with van der Waals surface area (Å²) in [5.74, 6) is 1.44. The molecular weight excluding hydrogens is 314 g/mol. The van der Waals surface area contributed by atoms with Gasteiger partial charge in [0.25, 0.3) is 0 Å². The minimum absolute atomic E-state index is 0.110. The molecule has 0 amide bonds. The highest BCUT2D eigenvalue weighted by atomic mass is 32.2. The lowest BCUT2D eigenvalue weighted by Gasteiger charge is -2.08. The van der Waals surface area contributed by atoms with Crippen LogP contribution in [0.2, 0.25) is 0 Å². The van der Waals surface area contributed by atoms with E-state index in [4.69, 9.17) is 9.47 Å². The highest BCUT2D eigenvalue weighted by molar-refractivity contribution is 7.99. The van der Waals surface area contributed by atoms with Crippen molar-refractivity contribution in [2.24, 2.45) is 7.05 Å². The first-order chi connectivity index (χ1) is 11.0. The van der Waals surface area contributed by atoms with Gasteiger partial charge in [-0.15, -0.1) is 10.2 Å². The Kier molecular flexibility index (Phi) is 6.04. The molecule has 2 aromatic rings. The van der Waals surface area contributed by atoms with Crippen molar-refractivity contribution in [1.29, 1.82) is 0 Å². The van der Waals surface area contributed by atoms with Gasteiger partial charge in [-0.05, 0) is 32.9 Å². The van der Waals surface area contributed by atoms with Crippen LogP contribution in [-0.4, -0.2) is 32.6 Å². The maximum Gasteiger partial charge on any atom is 0.316 e. The third kappa shape index (κ3) is 5.28. The second-order valence-corrected chi connectivity index (χ2v) is 6.33. The predicted molar refractivity (Wildman–Crippen MR) is 88.5 cm³/mol. The van der Waals surface area contributed by atoms with Crippen LogP contribution in [0.5, 0.6) is 5.75 Å². The molecule has 124 valence electrons. The van der Waals surface area contributed by atoms with Crippen LogP contribution in [0.3, 0.4) is 0 Å². The first-order valence-corrected chi connectivity index (χ1v) is 8.34. The van der Waals surface area contributed by atoms with Gasteiger partial charge in [0.2, 0.25) is 0 Å². The van der Waals surface area contributed by atoms with Crippen LogP contribution < -0.4 is 4.74 Å². The van der Waals surface area contributed by atoms with E-state index in [1.54, 1.807) is 0 Å². The lowest BCUT2D eigenvalue weighted by molar-refractivity contribution is -0.144. The number of nitrogens with zero attached hydrogens (tertiary/aromatic N) is 3. The zero-order valence-electron chi connectivity index (χ0n) is 13.8. The van der Waals surface area contributed by atoms with Crippen LogP contribution in [0.15, 0.2) is 29.4 Å². The van der Waals surface area contributed by atoms with Crippen molar-refractivity contribution in [2.75, 3.05) is 5.75 Å². The van der Waals surface area contributed by atoms with Crippen molar-refractivity contribution in [3.63, 3.8) is 0 Å². The van der Waals surface area contributed by atoms with Gasteiger partial charge in [0.05, 0.1) is 11.9 Å². The Balaban J connectivity index is 1.88. The number of thioether (sulfide) groups is 1. The second kappa shape index (κ2) is 8.01. The monoisotopic (exact) mass is 335 g/mol. The van der Waals surface area contributed by atoms with Gasteiger partial charge in [-0.3, -0.25) is 4.79 Å². The van der Waals surface area contributed by atoms with E-state index < -0.39 is 0 Å². The summed E-state index contributed by atoms with van der Waals surface area (Å²) in [6, 6.07) is 7.83. The van der Waals surface area contributed by atoms with Gasteiger partial charge in [-0.25, -0.2) is 0 Å². The fraction of sp³-hybridized carbons (Fsp3) is 0.438. The Morgan fingerprint density at radius 2 is 1.96 bits per heavy atom. The van der Waals surface area contributed by atoms with Gasteiger partial charge in [0, 0.05) is 7.05 Å². The molecule has 6 nitrogen and oxygen atoms in total. The van der Waals surface area contributed by atoms with Crippen LogP contribution in [0, 0.1) is 6.92 Å². The molecule has 1 aromatic heterocycles. The van der Waals surface area contributed by atoms with Gasteiger partial charge in [-0.1, -0.05) is 29.5 Å². The minimum atomic E-state index is -0.259. The van der Waals surface area contributed by atoms with Crippen molar-refractivity contribution in [3.8, 4) is 5.75 Å². The third-order valence-corrected chi connectivity index (χ3v) is 3.99. The Bertz CT molecular complexity index is 653. The number of hydrogen-bond acceptors (Lipinski definition) is 6. The van der Waals surface area contributed by atoms with Crippen molar-refractivity contribution >= 4 is 17.7 Å². The molecule has 0 saturated carbocycles. The van der Waals surface area contributed by atoms with Gasteiger partial charge in [0.1, 0.15) is 12.4 Å². The molecule has 0 unspecified atom stereocenters. The highest BCUT2D eigenvalue weighted by Crippen LogP contribution is 2.18. The molecule has 2 rings (SSSR count).